The van der Waals surface area contributed by atoms with Gasteiger partial charge in [0.15, 0.2) is 5.65 Å². The third kappa shape index (κ3) is 3.40. The molecule has 0 bridgehead atoms. The zero-order chi connectivity index (χ0) is 20.7. The molecule has 0 aromatic carbocycles. The van der Waals surface area contributed by atoms with E-state index in [9.17, 15) is 4.79 Å². The van der Waals surface area contributed by atoms with Gasteiger partial charge in [0.1, 0.15) is 11.3 Å². The van der Waals surface area contributed by atoms with E-state index in [1.165, 1.54) is 25.7 Å². The maximum absolute atomic E-state index is 13.1. The van der Waals surface area contributed by atoms with Crippen molar-refractivity contribution >= 4 is 22.9 Å². The molecular weight excluding hydrogens is 378 g/mol. The second kappa shape index (κ2) is 7.66. The van der Waals surface area contributed by atoms with Crippen LogP contribution < -0.4 is 4.90 Å². The van der Waals surface area contributed by atoms with Gasteiger partial charge in [-0.25, -0.2) is 15.0 Å². The molecule has 0 radical (unpaired) electrons. The molecule has 1 amide bonds. The lowest BCUT2D eigenvalue weighted by atomic mass is 10.2. The number of hydrogen-bond donors (Lipinski definition) is 0. The minimum atomic E-state index is 0.0199. The van der Waals surface area contributed by atoms with Crippen LogP contribution in [0.25, 0.3) is 11.2 Å². The van der Waals surface area contributed by atoms with E-state index in [1.54, 1.807) is 12.4 Å². The third-order valence-electron chi connectivity index (χ3n) is 6.30. The van der Waals surface area contributed by atoms with Gasteiger partial charge in [-0.05, 0) is 32.8 Å². The van der Waals surface area contributed by atoms with Crippen LogP contribution in [0, 0.1) is 13.8 Å². The fraction of sp³-hybridized carbons (Fsp3) is 0.500. The number of aryl methyl sites for hydroxylation is 2. The molecular formula is C22H27N7O. The van der Waals surface area contributed by atoms with Crippen molar-refractivity contribution in [3.8, 4) is 0 Å². The van der Waals surface area contributed by atoms with Crippen LogP contribution in [0.15, 0.2) is 24.8 Å². The van der Waals surface area contributed by atoms with Crippen molar-refractivity contribution in [2.75, 3.05) is 31.1 Å². The predicted molar refractivity (Wildman–Crippen MR) is 115 cm³/mol. The molecule has 0 unspecified atom stereocenters. The number of amides is 1. The largest absolute Gasteiger partial charge is 0.352 e. The van der Waals surface area contributed by atoms with Crippen LogP contribution in [-0.2, 0) is 0 Å². The highest BCUT2D eigenvalue weighted by molar-refractivity contribution is 5.96. The van der Waals surface area contributed by atoms with Crippen LogP contribution in [0.4, 0.5) is 5.82 Å². The molecule has 8 nitrogen and oxygen atoms in total. The molecule has 0 spiro atoms. The number of rotatable bonds is 3. The van der Waals surface area contributed by atoms with E-state index in [2.05, 4.69) is 29.4 Å². The Hall–Kier alpha value is -3.03. The van der Waals surface area contributed by atoms with Gasteiger partial charge < -0.3 is 14.4 Å². The molecule has 0 atom stereocenters. The van der Waals surface area contributed by atoms with Crippen molar-refractivity contribution in [3.63, 3.8) is 0 Å². The predicted octanol–water partition coefficient (Wildman–Crippen LogP) is 2.92. The quantitative estimate of drug-likeness (QED) is 0.667. The van der Waals surface area contributed by atoms with E-state index < -0.39 is 0 Å². The molecule has 4 heterocycles. The summed E-state index contributed by atoms with van der Waals surface area (Å²) in [4.78, 5) is 35.4. The van der Waals surface area contributed by atoms with Gasteiger partial charge in [-0.2, -0.15) is 0 Å². The highest BCUT2D eigenvalue weighted by Crippen LogP contribution is 2.31. The van der Waals surface area contributed by atoms with Gasteiger partial charge >= 0.3 is 0 Å². The summed E-state index contributed by atoms with van der Waals surface area (Å²) >= 11 is 0. The molecule has 5 rings (SSSR count). The maximum atomic E-state index is 13.1. The fourth-order valence-electron chi connectivity index (χ4n) is 4.61. The van der Waals surface area contributed by atoms with Crippen LogP contribution >= 0.6 is 0 Å². The number of piperazine rings is 1. The number of pyridine rings is 1. The molecule has 2 aliphatic rings. The molecule has 1 saturated heterocycles. The minimum absolute atomic E-state index is 0.0199. The number of fused-ring (bicyclic) bond motifs is 1. The van der Waals surface area contributed by atoms with Gasteiger partial charge in [-0.1, -0.05) is 12.8 Å². The SMILES string of the molecule is Cc1cnc(C)c(N2CCN(C(=O)c3cnc4c(c3)ncn4C3CCCC3)CC2)n1. The minimum Gasteiger partial charge on any atom is -0.352 e. The number of carbonyl (C=O) groups is 1. The van der Waals surface area contributed by atoms with Crippen molar-refractivity contribution in [3.05, 3.63) is 41.7 Å². The van der Waals surface area contributed by atoms with Crippen LogP contribution in [0.3, 0.4) is 0 Å². The van der Waals surface area contributed by atoms with Crippen LogP contribution in [0.5, 0.6) is 0 Å². The molecule has 156 valence electrons. The average Bonchev–Trinajstić information content (AvgIpc) is 3.44. The molecule has 2 fully saturated rings. The van der Waals surface area contributed by atoms with Crippen molar-refractivity contribution < 1.29 is 4.79 Å². The van der Waals surface area contributed by atoms with Gasteiger partial charge in [-0.15, -0.1) is 0 Å². The van der Waals surface area contributed by atoms with E-state index in [0.29, 0.717) is 24.7 Å². The molecule has 1 aliphatic carbocycles. The smallest absolute Gasteiger partial charge is 0.255 e. The Morgan fingerprint density at radius 3 is 2.53 bits per heavy atom. The summed E-state index contributed by atoms with van der Waals surface area (Å²) in [7, 11) is 0. The van der Waals surface area contributed by atoms with Crippen molar-refractivity contribution in [2.45, 2.75) is 45.6 Å². The standard InChI is InChI=1S/C22H27N7O/c1-15-12-23-16(2)20(26-15)27-7-9-28(10-8-27)22(30)17-11-19-21(24-13-17)29(14-25-19)18-5-3-4-6-18/h11-14,18H,3-10H2,1-2H3. The summed E-state index contributed by atoms with van der Waals surface area (Å²) in [5.41, 5.74) is 4.13. The summed E-state index contributed by atoms with van der Waals surface area (Å²) < 4.78 is 2.18. The van der Waals surface area contributed by atoms with E-state index in [4.69, 9.17) is 0 Å². The van der Waals surface area contributed by atoms with Gasteiger partial charge in [-0.3, -0.25) is 9.78 Å². The van der Waals surface area contributed by atoms with E-state index in [1.807, 2.05) is 31.1 Å². The average molecular weight is 406 g/mol. The molecule has 3 aromatic rings. The first-order valence-corrected chi connectivity index (χ1v) is 10.8. The number of hydrogen-bond acceptors (Lipinski definition) is 6. The normalized spacial score (nSPS) is 17.8. The Bertz CT molecular complexity index is 1080. The van der Waals surface area contributed by atoms with E-state index in [-0.39, 0.29) is 5.91 Å². The number of anilines is 1. The van der Waals surface area contributed by atoms with Crippen LogP contribution in [0.1, 0.15) is 53.5 Å². The van der Waals surface area contributed by atoms with Gasteiger partial charge in [0.25, 0.3) is 5.91 Å². The van der Waals surface area contributed by atoms with Crippen molar-refractivity contribution in [1.29, 1.82) is 0 Å². The molecule has 3 aromatic heterocycles. The van der Waals surface area contributed by atoms with E-state index in [0.717, 1.165) is 41.5 Å². The van der Waals surface area contributed by atoms with Crippen molar-refractivity contribution in [1.82, 2.24) is 29.4 Å². The first kappa shape index (κ1) is 19.0. The summed E-state index contributed by atoms with van der Waals surface area (Å²) in [6.45, 7) is 6.73. The lowest BCUT2D eigenvalue weighted by Crippen LogP contribution is -2.49. The second-order valence-electron chi connectivity index (χ2n) is 8.36. The maximum Gasteiger partial charge on any atom is 0.255 e. The fourth-order valence-corrected chi connectivity index (χ4v) is 4.61. The Morgan fingerprint density at radius 2 is 1.77 bits per heavy atom. The highest BCUT2D eigenvalue weighted by Gasteiger charge is 2.25. The zero-order valence-electron chi connectivity index (χ0n) is 17.6. The summed E-state index contributed by atoms with van der Waals surface area (Å²) in [5, 5.41) is 0. The van der Waals surface area contributed by atoms with Crippen LogP contribution in [0.2, 0.25) is 0 Å². The molecule has 1 aliphatic heterocycles. The molecule has 1 saturated carbocycles. The molecule has 30 heavy (non-hydrogen) atoms. The Kier molecular flexibility index (Phi) is 4.84. The zero-order valence-corrected chi connectivity index (χ0v) is 17.6. The monoisotopic (exact) mass is 405 g/mol. The molecule has 0 N–H and O–H groups in total. The lowest BCUT2D eigenvalue weighted by Gasteiger charge is -2.35. The van der Waals surface area contributed by atoms with Crippen molar-refractivity contribution in [2.24, 2.45) is 0 Å². The van der Waals surface area contributed by atoms with Gasteiger partial charge in [0.05, 0.1) is 23.3 Å². The number of aromatic nitrogens is 5. The molecule has 8 heteroatoms. The van der Waals surface area contributed by atoms with E-state index >= 15 is 0 Å². The van der Waals surface area contributed by atoms with Gasteiger partial charge in [0.2, 0.25) is 0 Å². The number of nitrogens with zero attached hydrogens (tertiary/aromatic N) is 7. The Morgan fingerprint density at radius 1 is 1.00 bits per heavy atom. The Labute approximate surface area is 176 Å². The Balaban J connectivity index is 1.29. The first-order chi connectivity index (χ1) is 14.6. The third-order valence-corrected chi connectivity index (χ3v) is 6.30. The first-order valence-electron chi connectivity index (χ1n) is 10.8. The second-order valence-corrected chi connectivity index (χ2v) is 8.36. The number of carbonyl (C=O) groups excluding carboxylic acids is 1. The lowest BCUT2D eigenvalue weighted by molar-refractivity contribution is 0.0746. The topological polar surface area (TPSA) is 80.0 Å². The summed E-state index contributed by atoms with van der Waals surface area (Å²) in [6.07, 6.45) is 10.3. The number of imidazole rings is 1. The summed E-state index contributed by atoms with van der Waals surface area (Å²) in [6, 6.07) is 2.38. The van der Waals surface area contributed by atoms with Crippen LogP contribution in [-0.4, -0.2) is 61.5 Å². The highest BCUT2D eigenvalue weighted by atomic mass is 16.2. The summed E-state index contributed by atoms with van der Waals surface area (Å²) in [5.74, 6) is 0.939. The van der Waals surface area contributed by atoms with Gasteiger partial charge in [0, 0.05) is 44.6 Å².